The number of halogens is 2. The van der Waals surface area contributed by atoms with E-state index in [1.54, 1.807) is 0 Å². The monoisotopic (exact) mass is 178 g/mol. The molecule has 1 amide bonds. The summed E-state index contributed by atoms with van der Waals surface area (Å²) in [6.45, 7) is -0.0661. The van der Waals surface area contributed by atoms with Crippen LogP contribution in [0.1, 0.15) is 12.8 Å². The van der Waals surface area contributed by atoms with Gasteiger partial charge in [0.05, 0.1) is 12.6 Å². The molecule has 1 heterocycles. The van der Waals surface area contributed by atoms with Gasteiger partial charge in [0.1, 0.15) is 0 Å². The van der Waals surface area contributed by atoms with E-state index >= 15 is 0 Å². The number of rotatable bonds is 2. The van der Waals surface area contributed by atoms with E-state index in [9.17, 15) is 13.6 Å². The van der Waals surface area contributed by atoms with Crippen LogP contribution in [0.2, 0.25) is 0 Å². The number of amides is 1. The Morgan fingerprint density at radius 3 is 2.92 bits per heavy atom. The maximum Gasteiger partial charge on any atom is 0.255 e. The molecule has 0 spiro atoms. The molecule has 1 fully saturated rings. The average Bonchev–Trinajstić information content (AvgIpc) is 1.98. The Kier molecular flexibility index (Phi) is 2.97. The second kappa shape index (κ2) is 3.80. The lowest BCUT2D eigenvalue weighted by molar-refractivity contribution is -0.136. The van der Waals surface area contributed by atoms with Crippen LogP contribution in [-0.4, -0.2) is 36.4 Å². The van der Waals surface area contributed by atoms with Gasteiger partial charge in [-0.25, -0.2) is 8.78 Å². The summed E-state index contributed by atoms with van der Waals surface area (Å²) < 4.78 is 23.8. The third kappa shape index (κ3) is 2.14. The van der Waals surface area contributed by atoms with Crippen LogP contribution in [0.15, 0.2) is 0 Å². The summed E-state index contributed by atoms with van der Waals surface area (Å²) in [5, 5.41) is 0. The number of alkyl halides is 2. The molecule has 3 nitrogen and oxygen atoms in total. The third-order valence-electron chi connectivity index (χ3n) is 1.93. The van der Waals surface area contributed by atoms with Crippen molar-refractivity contribution < 1.29 is 13.6 Å². The van der Waals surface area contributed by atoms with Gasteiger partial charge in [-0.1, -0.05) is 0 Å². The molecule has 2 N–H and O–H groups in total. The van der Waals surface area contributed by atoms with Gasteiger partial charge in [-0.15, -0.1) is 0 Å². The average molecular weight is 178 g/mol. The van der Waals surface area contributed by atoms with Crippen LogP contribution in [0.4, 0.5) is 8.78 Å². The lowest BCUT2D eigenvalue weighted by Crippen LogP contribution is -2.49. The van der Waals surface area contributed by atoms with E-state index in [2.05, 4.69) is 0 Å². The van der Waals surface area contributed by atoms with Gasteiger partial charge >= 0.3 is 0 Å². The number of carbonyl (C=O) groups is 1. The highest BCUT2D eigenvalue weighted by Gasteiger charge is 2.27. The molecule has 1 unspecified atom stereocenters. The van der Waals surface area contributed by atoms with E-state index in [0.29, 0.717) is 13.0 Å². The molecular weight excluding hydrogens is 166 g/mol. The second-order valence-corrected chi connectivity index (χ2v) is 2.92. The highest BCUT2D eigenvalue weighted by molar-refractivity contribution is 5.82. The fourth-order valence-corrected chi connectivity index (χ4v) is 1.32. The number of hydrogen-bond acceptors (Lipinski definition) is 2. The summed E-state index contributed by atoms with van der Waals surface area (Å²) >= 11 is 0. The summed E-state index contributed by atoms with van der Waals surface area (Å²) in [4.78, 5) is 12.3. The predicted octanol–water partition coefficient (Wildman–Crippen LogP) is 0.201. The smallest absolute Gasteiger partial charge is 0.255 e. The molecule has 0 saturated carbocycles. The zero-order valence-corrected chi connectivity index (χ0v) is 6.67. The summed E-state index contributed by atoms with van der Waals surface area (Å²) in [5.74, 6) is -0.346. The minimum atomic E-state index is -2.46. The molecule has 12 heavy (non-hydrogen) atoms. The van der Waals surface area contributed by atoms with Crippen molar-refractivity contribution in [1.82, 2.24) is 4.90 Å². The standard InChI is InChI=1S/C7H12F2N2O/c8-6(9)4-11-3-1-2-5(10)7(11)12/h5-6H,1-4,10H2. The largest absolute Gasteiger partial charge is 0.336 e. The molecule has 0 bridgehead atoms. The number of piperidine rings is 1. The van der Waals surface area contributed by atoms with Crippen LogP contribution >= 0.6 is 0 Å². The van der Waals surface area contributed by atoms with Crippen molar-refractivity contribution >= 4 is 5.91 Å². The highest BCUT2D eigenvalue weighted by Crippen LogP contribution is 2.11. The molecule has 70 valence electrons. The van der Waals surface area contributed by atoms with Gasteiger partial charge in [0, 0.05) is 6.54 Å². The SMILES string of the molecule is NC1CCCN(CC(F)F)C1=O. The zero-order chi connectivity index (χ0) is 9.14. The first-order chi connectivity index (χ1) is 5.61. The molecule has 1 aliphatic rings. The molecule has 0 aromatic heterocycles. The molecule has 1 atom stereocenters. The number of nitrogens with two attached hydrogens (primary N) is 1. The van der Waals surface area contributed by atoms with Crippen LogP contribution in [0.3, 0.4) is 0 Å². The van der Waals surface area contributed by atoms with Crippen LogP contribution in [0.5, 0.6) is 0 Å². The predicted molar refractivity (Wildman–Crippen MR) is 39.8 cm³/mol. The van der Waals surface area contributed by atoms with Crippen LogP contribution in [-0.2, 0) is 4.79 Å². The van der Waals surface area contributed by atoms with Crippen molar-refractivity contribution in [3.05, 3.63) is 0 Å². The van der Waals surface area contributed by atoms with E-state index in [-0.39, 0.29) is 5.91 Å². The van der Waals surface area contributed by atoms with Gasteiger partial charge in [0.15, 0.2) is 0 Å². The summed E-state index contributed by atoms with van der Waals surface area (Å²) in [7, 11) is 0. The third-order valence-corrected chi connectivity index (χ3v) is 1.93. The maximum atomic E-state index is 11.9. The fourth-order valence-electron chi connectivity index (χ4n) is 1.32. The number of likely N-dealkylation sites (tertiary alicyclic amines) is 1. The molecule has 0 radical (unpaired) electrons. The lowest BCUT2D eigenvalue weighted by Gasteiger charge is -2.29. The summed E-state index contributed by atoms with van der Waals surface area (Å²) in [6.07, 6.45) is -1.13. The van der Waals surface area contributed by atoms with Crippen LogP contribution in [0.25, 0.3) is 0 Å². The summed E-state index contributed by atoms with van der Waals surface area (Å²) in [6, 6.07) is -0.572. The molecule has 1 saturated heterocycles. The molecule has 0 aromatic rings. The van der Waals surface area contributed by atoms with Crippen LogP contribution in [0, 0.1) is 0 Å². The quantitative estimate of drug-likeness (QED) is 0.656. The Balaban J connectivity index is 2.46. The topological polar surface area (TPSA) is 46.3 Å². The van der Waals surface area contributed by atoms with Gasteiger partial charge in [0.25, 0.3) is 6.43 Å². The Morgan fingerprint density at radius 1 is 1.67 bits per heavy atom. The van der Waals surface area contributed by atoms with E-state index in [1.165, 1.54) is 0 Å². The van der Waals surface area contributed by atoms with Gasteiger partial charge in [0.2, 0.25) is 5.91 Å². The number of carbonyl (C=O) groups excluding carboxylic acids is 1. The molecule has 0 aliphatic carbocycles. The van der Waals surface area contributed by atoms with Crippen molar-refractivity contribution in [3.8, 4) is 0 Å². The Bertz CT molecular complexity index is 175. The van der Waals surface area contributed by atoms with E-state index in [1.807, 2.05) is 0 Å². The van der Waals surface area contributed by atoms with Crippen molar-refractivity contribution in [1.29, 1.82) is 0 Å². The van der Waals surface area contributed by atoms with Gasteiger partial charge in [-0.3, -0.25) is 4.79 Å². The minimum Gasteiger partial charge on any atom is -0.336 e. The molecular formula is C7H12F2N2O. The summed E-state index contributed by atoms with van der Waals surface area (Å²) in [5.41, 5.74) is 5.41. The Labute approximate surface area is 69.5 Å². The Morgan fingerprint density at radius 2 is 2.33 bits per heavy atom. The maximum absolute atomic E-state index is 11.9. The van der Waals surface area contributed by atoms with Crippen LogP contribution < -0.4 is 5.73 Å². The van der Waals surface area contributed by atoms with E-state index in [0.717, 1.165) is 11.3 Å². The van der Waals surface area contributed by atoms with E-state index in [4.69, 9.17) is 5.73 Å². The number of hydrogen-bond donors (Lipinski definition) is 1. The van der Waals surface area contributed by atoms with Gasteiger partial charge in [-0.05, 0) is 12.8 Å². The van der Waals surface area contributed by atoms with Gasteiger partial charge in [-0.2, -0.15) is 0 Å². The molecule has 1 aliphatic heterocycles. The first kappa shape index (κ1) is 9.38. The highest BCUT2D eigenvalue weighted by atomic mass is 19.3. The van der Waals surface area contributed by atoms with Crippen molar-refractivity contribution in [3.63, 3.8) is 0 Å². The Hall–Kier alpha value is -0.710. The molecule has 0 aromatic carbocycles. The van der Waals surface area contributed by atoms with Crippen molar-refractivity contribution in [2.75, 3.05) is 13.1 Å². The van der Waals surface area contributed by atoms with Crippen molar-refractivity contribution in [2.24, 2.45) is 5.73 Å². The zero-order valence-electron chi connectivity index (χ0n) is 6.67. The number of nitrogens with zero attached hydrogens (tertiary/aromatic N) is 1. The first-order valence-electron chi connectivity index (χ1n) is 3.94. The fraction of sp³-hybridized carbons (Fsp3) is 0.857. The van der Waals surface area contributed by atoms with Crippen molar-refractivity contribution in [2.45, 2.75) is 25.3 Å². The second-order valence-electron chi connectivity index (χ2n) is 2.92. The normalized spacial score (nSPS) is 25.2. The lowest BCUT2D eigenvalue weighted by atomic mass is 10.1. The van der Waals surface area contributed by atoms with Gasteiger partial charge < -0.3 is 10.6 Å². The minimum absolute atomic E-state index is 0.346. The molecule has 5 heteroatoms. The van der Waals surface area contributed by atoms with E-state index < -0.39 is 19.0 Å². The first-order valence-corrected chi connectivity index (χ1v) is 3.94. The molecule has 1 rings (SSSR count).